The van der Waals surface area contributed by atoms with Crippen LogP contribution in [0.4, 0.5) is 0 Å². The average Bonchev–Trinajstić information content (AvgIpc) is 2.97. The van der Waals surface area contributed by atoms with Crippen molar-refractivity contribution in [3.05, 3.63) is 39.9 Å². The number of aliphatic hydroxyl groups excluding tert-OH is 3. The predicted octanol–water partition coefficient (Wildman–Crippen LogP) is 1.25. The van der Waals surface area contributed by atoms with Gasteiger partial charge in [0.1, 0.15) is 0 Å². The summed E-state index contributed by atoms with van der Waals surface area (Å²) in [7, 11) is 0. The zero-order valence-corrected chi connectivity index (χ0v) is 20.0. The van der Waals surface area contributed by atoms with Crippen molar-refractivity contribution in [1.29, 1.82) is 0 Å². The van der Waals surface area contributed by atoms with Crippen LogP contribution in [0.25, 0.3) is 6.08 Å². The number of piperidine rings is 1. The normalized spacial score (nSPS) is 23.7. The minimum atomic E-state index is -0.782. The molecule has 3 rings (SSSR count). The van der Waals surface area contributed by atoms with Crippen LogP contribution in [0, 0.1) is 0 Å². The van der Waals surface area contributed by atoms with Gasteiger partial charge in [0.15, 0.2) is 0 Å². The Morgan fingerprint density at radius 1 is 1.15 bits per heavy atom. The third-order valence-corrected chi connectivity index (χ3v) is 6.90. The molecule has 1 unspecified atom stereocenters. The molecular formula is C23H31Cl2N3O5. The highest BCUT2D eigenvalue weighted by atomic mass is 35.5. The largest absolute Gasteiger partial charge is 0.395 e. The standard InChI is InChI=1S/C23H31Cl2N3O5/c24-20-3-1-16(11-21(20)25)2-4-22(32)26-8-6-23(33)28(10-9-26)14-19(31)13-27-7-5-18(30)12-17(27)15-29/h1-4,11,17-19,29-31H,5-10,12-15H2/b4-2+/t17-,18+,19?/m1/s1. The first-order valence-corrected chi connectivity index (χ1v) is 11.9. The van der Waals surface area contributed by atoms with Gasteiger partial charge in [0, 0.05) is 57.8 Å². The Balaban J connectivity index is 1.51. The maximum absolute atomic E-state index is 12.6. The summed E-state index contributed by atoms with van der Waals surface area (Å²) in [5, 5.41) is 30.8. The Labute approximate surface area is 204 Å². The van der Waals surface area contributed by atoms with E-state index < -0.39 is 12.2 Å². The van der Waals surface area contributed by atoms with Gasteiger partial charge in [-0.05, 0) is 36.6 Å². The van der Waals surface area contributed by atoms with Crippen molar-refractivity contribution >= 4 is 41.1 Å². The van der Waals surface area contributed by atoms with Gasteiger partial charge in [-0.2, -0.15) is 0 Å². The molecule has 182 valence electrons. The molecule has 0 aromatic heterocycles. The van der Waals surface area contributed by atoms with E-state index in [2.05, 4.69) is 0 Å². The molecule has 1 aromatic carbocycles. The van der Waals surface area contributed by atoms with E-state index in [9.17, 15) is 24.9 Å². The first-order valence-electron chi connectivity index (χ1n) is 11.2. The molecule has 10 heteroatoms. The van der Waals surface area contributed by atoms with Gasteiger partial charge in [-0.3, -0.25) is 14.5 Å². The van der Waals surface area contributed by atoms with Crippen LogP contribution >= 0.6 is 23.2 Å². The van der Waals surface area contributed by atoms with Crippen LogP contribution in [0.3, 0.4) is 0 Å². The number of carbonyl (C=O) groups is 2. The van der Waals surface area contributed by atoms with E-state index in [1.807, 2.05) is 4.90 Å². The number of nitrogens with zero attached hydrogens (tertiary/aromatic N) is 3. The molecular weight excluding hydrogens is 469 g/mol. The minimum Gasteiger partial charge on any atom is -0.395 e. The number of hydrogen-bond acceptors (Lipinski definition) is 6. The zero-order chi connectivity index (χ0) is 24.0. The lowest BCUT2D eigenvalue weighted by Crippen LogP contribution is -2.51. The fourth-order valence-electron chi connectivity index (χ4n) is 4.26. The fraction of sp³-hybridized carbons (Fsp3) is 0.565. The van der Waals surface area contributed by atoms with Gasteiger partial charge in [0.25, 0.3) is 0 Å². The topological polar surface area (TPSA) is 105 Å². The number of β-amino-alcohol motifs (C(OH)–C–C–N with tert-alkyl or cyclic N) is 1. The van der Waals surface area contributed by atoms with Gasteiger partial charge in [-0.15, -0.1) is 0 Å². The summed E-state index contributed by atoms with van der Waals surface area (Å²) in [5.74, 6) is -0.306. The van der Waals surface area contributed by atoms with Gasteiger partial charge in [-0.25, -0.2) is 0 Å². The number of halogens is 2. The van der Waals surface area contributed by atoms with Gasteiger partial charge in [-0.1, -0.05) is 29.3 Å². The van der Waals surface area contributed by atoms with Crippen molar-refractivity contribution in [2.24, 2.45) is 0 Å². The summed E-state index contributed by atoms with van der Waals surface area (Å²) in [6.07, 6.45) is 3.15. The lowest BCUT2D eigenvalue weighted by molar-refractivity contribution is -0.132. The predicted molar refractivity (Wildman–Crippen MR) is 127 cm³/mol. The molecule has 1 aromatic rings. The van der Waals surface area contributed by atoms with Crippen LogP contribution in [0.5, 0.6) is 0 Å². The number of rotatable bonds is 7. The molecule has 8 nitrogen and oxygen atoms in total. The monoisotopic (exact) mass is 499 g/mol. The van der Waals surface area contributed by atoms with E-state index in [-0.39, 0.29) is 37.4 Å². The highest BCUT2D eigenvalue weighted by Gasteiger charge is 2.30. The summed E-state index contributed by atoms with van der Waals surface area (Å²) in [5.41, 5.74) is 0.750. The van der Waals surface area contributed by atoms with Gasteiger partial charge in [0.05, 0.1) is 28.9 Å². The second-order valence-corrected chi connectivity index (χ2v) is 9.40. The van der Waals surface area contributed by atoms with Crippen LogP contribution in [-0.4, -0.2) is 106 Å². The Kier molecular flexibility index (Phi) is 9.55. The van der Waals surface area contributed by atoms with Crippen molar-refractivity contribution in [3.63, 3.8) is 0 Å². The van der Waals surface area contributed by atoms with Crippen molar-refractivity contribution in [2.75, 3.05) is 45.9 Å². The molecule has 0 aliphatic carbocycles. The van der Waals surface area contributed by atoms with E-state index in [4.69, 9.17) is 23.2 Å². The molecule has 0 bridgehead atoms. The smallest absolute Gasteiger partial charge is 0.246 e. The minimum absolute atomic E-state index is 0.0841. The molecule has 2 aliphatic heterocycles. The maximum atomic E-state index is 12.6. The first kappa shape index (κ1) is 25.9. The summed E-state index contributed by atoms with van der Waals surface area (Å²) in [6, 6.07) is 4.90. The number of likely N-dealkylation sites (tertiary alicyclic amines) is 1. The van der Waals surface area contributed by atoms with Gasteiger partial charge >= 0.3 is 0 Å². The Hall–Kier alpha value is -1.68. The summed E-state index contributed by atoms with van der Waals surface area (Å²) >= 11 is 11.9. The molecule has 33 heavy (non-hydrogen) atoms. The van der Waals surface area contributed by atoms with Gasteiger partial charge < -0.3 is 25.1 Å². The number of carbonyl (C=O) groups excluding carboxylic acids is 2. The van der Waals surface area contributed by atoms with E-state index in [1.54, 1.807) is 34.1 Å². The van der Waals surface area contributed by atoms with Crippen LogP contribution in [0.15, 0.2) is 24.3 Å². The molecule has 0 spiro atoms. The number of aliphatic hydroxyl groups is 3. The van der Waals surface area contributed by atoms with E-state index >= 15 is 0 Å². The third kappa shape index (κ3) is 7.40. The fourth-order valence-corrected chi connectivity index (χ4v) is 4.57. The SMILES string of the molecule is O=C(/C=C/c1ccc(Cl)c(Cl)c1)N1CCC(=O)N(CC(O)CN2CC[C@H](O)C[C@@H]2CO)CC1. The lowest BCUT2D eigenvalue weighted by Gasteiger charge is -2.38. The molecule has 2 amide bonds. The first-order chi connectivity index (χ1) is 15.8. The Bertz CT molecular complexity index is 868. The Morgan fingerprint density at radius 3 is 2.67 bits per heavy atom. The highest BCUT2D eigenvalue weighted by molar-refractivity contribution is 6.42. The highest BCUT2D eigenvalue weighted by Crippen LogP contribution is 2.23. The van der Waals surface area contributed by atoms with E-state index in [0.29, 0.717) is 55.6 Å². The summed E-state index contributed by atoms with van der Waals surface area (Å²) in [6.45, 7) is 2.01. The average molecular weight is 500 g/mol. The van der Waals surface area contributed by atoms with E-state index in [0.717, 1.165) is 5.56 Å². The Morgan fingerprint density at radius 2 is 1.94 bits per heavy atom. The molecule has 2 aliphatic rings. The molecule has 3 N–H and O–H groups in total. The summed E-state index contributed by atoms with van der Waals surface area (Å²) in [4.78, 5) is 30.4. The van der Waals surface area contributed by atoms with Crippen LogP contribution < -0.4 is 0 Å². The van der Waals surface area contributed by atoms with Crippen LogP contribution in [0.1, 0.15) is 24.8 Å². The van der Waals surface area contributed by atoms with Gasteiger partial charge in [0.2, 0.25) is 11.8 Å². The van der Waals surface area contributed by atoms with Crippen LogP contribution in [0.2, 0.25) is 10.0 Å². The molecule has 0 radical (unpaired) electrons. The number of hydrogen-bond donors (Lipinski definition) is 3. The molecule has 2 fully saturated rings. The molecule has 2 heterocycles. The third-order valence-electron chi connectivity index (χ3n) is 6.16. The van der Waals surface area contributed by atoms with Crippen molar-refractivity contribution in [3.8, 4) is 0 Å². The van der Waals surface area contributed by atoms with Crippen LogP contribution in [-0.2, 0) is 9.59 Å². The molecule has 0 saturated carbocycles. The van der Waals surface area contributed by atoms with Crippen molar-refractivity contribution in [1.82, 2.24) is 14.7 Å². The quantitative estimate of drug-likeness (QED) is 0.487. The number of amides is 2. The maximum Gasteiger partial charge on any atom is 0.246 e. The van der Waals surface area contributed by atoms with Crippen molar-refractivity contribution < 1.29 is 24.9 Å². The second-order valence-electron chi connectivity index (χ2n) is 8.59. The summed E-state index contributed by atoms with van der Waals surface area (Å²) < 4.78 is 0. The van der Waals surface area contributed by atoms with E-state index in [1.165, 1.54) is 6.08 Å². The van der Waals surface area contributed by atoms with Crippen molar-refractivity contribution in [2.45, 2.75) is 37.5 Å². The second kappa shape index (κ2) is 12.1. The molecule has 3 atom stereocenters. The zero-order valence-electron chi connectivity index (χ0n) is 18.4. The number of benzene rings is 1. The lowest BCUT2D eigenvalue weighted by atomic mass is 9.99. The molecule has 2 saturated heterocycles.